The highest BCUT2D eigenvalue weighted by atomic mass is 16.5. The summed E-state index contributed by atoms with van der Waals surface area (Å²) in [6.45, 7) is 5.01. The molecule has 4 rings (SSSR count). The molecule has 3 aromatic rings. The molecule has 2 aromatic carbocycles. The third-order valence-corrected chi connectivity index (χ3v) is 7.46. The SMILES string of the molecule is CC(C)(C(=O)N1CCC(CC(=O)OCc2ccccc2)CC1)C(NC(=O)c1ccc(C#N)cc1)c1ccncc1. The molecule has 1 aromatic heterocycles. The van der Waals surface area contributed by atoms with E-state index in [-0.39, 0.29) is 30.3 Å². The first-order valence-electron chi connectivity index (χ1n) is 13.5. The molecule has 1 unspecified atom stereocenters. The van der Waals surface area contributed by atoms with Gasteiger partial charge in [-0.3, -0.25) is 19.4 Å². The van der Waals surface area contributed by atoms with Gasteiger partial charge in [-0.25, -0.2) is 0 Å². The molecule has 0 aliphatic carbocycles. The Morgan fingerprint density at radius 1 is 1.02 bits per heavy atom. The highest BCUT2D eigenvalue weighted by Gasteiger charge is 2.42. The van der Waals surface area contributed by atoms with Crippen molar-refractivity contribution in [2.75, 3.05) is 13.1 Å². The van der Waals surface area contributed by atoms with E-state index in [4.69, 9.17) is 10.00 Å². The van der Waals surface area contributed by atoms with Crippen LogP contribution in [0.3, 0.4) is 0 Å². The molecule has 1 aliphatic rings. The molecule has 1 fully saturated rings. The Hall–Kier alpha value is -4.51. The number of hydrogen-bond donors (Lipinski definition) is 1. The van der Waals surface area contributed by atoms with Crippen LogP contribution < -0.4 is 5.32 Å². The fraction of sp³-hybridized carbons (Fsp3) is 0.344. The molecule has 1 aliphatic heterocycles. The van der Waals surface area contributed by atoms with E-state index in [0.717, 1.165) is 11.1 Å². The van der Waals surface area contributed by atoms with E-state index < -0.39 is 11.5 Å². The van der Waals surface area contributed by atoms with Crippen LogP contribution in [0.25, 0.3) is 0 Å². The molecule has 1 saturated heterocycles. The maximum atomic E-state index is 13.9. The largest absolute Gasteiger partial charge is 0.461 e. The van der Waals surface area contributed by atoms with Gasteiger partial charge in [-0.2, -0.15) is 5.26 Å². The number of rotatable bonds is 9. The summed E-state index contributed by atoms with van der Waals surface area (Å²) in [7, 11) is 0. The minimum absolute atomic E-state index is 0.0699. The lowest BCUT2D eigenvalue weighted by molar-refractivity contribution is -0.147. The molecule has 8 heteroatoms. The number of piperidine rings is 1. The predicted molar refractivity (Wildman–Crippen MR) is 150 cm³/mol. The molecular weight excluding hydrogens is 504 g/mol. The number of nitrogens with one attached hydrogen (secondary N) is 1. The maximum absolute atomic E-state index is 13.9. The number of aromatic nitrogens is 1. The van der Waals surface area contributed by atoms with E-state index in [0.29, 0.717) is 43.5 Å². The van der Waals surface area contributed by atoms with E-state index in [1.54, 1.807) is 48.8 Å². The van der Waals surface area contributed by atoms with Crippen LogP contribution in [0.4, 0.5) is 0 Å². The number of carbonyl (C=O) groups is 3. The number of pyridine rings is 1. The Balaban J connectivity index is 1.38. The molecule has 2 amide bonds. The molecule has 1 N–H and O–H groups in total. The van der Waals surface area contributed by atoms with Crippen LogP contribution in [0.1, 0.15) is 66.2 Å². The van der Waals surface area contributed by atoms with Gasteiger partial charge in [-0.05, 0) is 80.1 Å². The molecule has 0 saturated carbocycles. The Bertz CT molecular complexity index is 1340. The Kier molecular flexibility index (Phi) is 9.28. The van der Waals surface area contributed by atoms with Gasteiger partial charge in [-0.1, -0.05) is 30.3 Å². The summed E-state index contributed by atoms with van der Waals surface area (Å²) in [5.74, 6) is -0.473. The van der Waals surface area contributed by atoms with Crippen LogP contribution in [-0.2, 0) is 20.9 Å². The first-order chi connectivity index (χ1) is 19.3. The van der Waals surface area contributed by atoms with Crippen LogP contribution in [0.5, 0.6) is 0 Å². The van der Waals surface area contributed by atoms with Gasteiger partial charge in [0, 0.05) is 37.5 Å². The van der Waals surface area contributed by atoms with Crippen molar-refractivity contribution in [2.24, 2.45) is 11.3 Å². The molecule has 0 bridgehead atoms. The summed E-state index contributed by atoms with van der Waals surface area (Å²) in [5, 5.41) is 12.1. The van der Waals surface area contributed by atoms with Crippen molar-refractivity contribution >= 4 is 17.8 Å². The van der Waals surface area contributed by atoms with Crippen molar-refractivity contribution in [2.45, 2.75) is 45.8 Å². The lowest BCUT2D eigenvalue weighted by atomic mass is 9.78. The number of nitriles is 1. The van der Waals surface area contributed by atoms with Crippen molar-refractivity contribution in [1.29, 1.82) is 5.26 Å². The molecule has 0 spiro atoms. The third-order valence-electron chi connectivity index (χ3n) is 7.46. The summed E-state index contributed by atoms with van der Waals surface area (Å²) in [6.07, 6.45) is 5.02. The third kappa shape index (κ3) is 7.11. The number of benzene rings is 2. The van der Waals surface area contributed by atoms with Gasteiger partial charge in [-0.15, -0.1) is 0 Å². The first kappa shape index (κ1) is 28.5. The number of ether oxygens (including phenoxy) is 1. The van der Waals surface area contributed by atoms with Crippen molar-refractivity contribution in [3.05, 3.63) is 101 Å². The van der Waals surface area contributed by atoms with E-state index in [9.17, 15) is 14.4 Å². The Morgan fingerprint density at radius 3 is 2.30 bits per heavy atom. The number of likely N-dealkylation sites (tertiary alicyclic amines) is 1. The lowest BCUT2D eigenvalue weighted by Gasteiger charge is -2.40. The van der Waals surface area contributed by atoms with Gasteiger partial charge in [0.25, 0.3) is 5.91 Å². The highest BCUT2D eigenvalue weighted by Crippen LogP contribution is 2.37. The van der Waals surface area contributed by atoms with Crippen molar-refractivity contribution < 1.29 is 19.1 Å². The standard InChI is InChI=1S/C32H34N4O4/c1-32(2,29(26-12-16-34-17-13-26)35-30(38)27-10-8-24(21-33)9-11-27)31(39)36-18-14-23(15-19-36)20-28(37)40-22-25-6-4-3-5-7-25/h3-13,16-17,23,29H,14-15,18-20,22H2,1-2H3,(H,35,38). The van der Waals surface area contributed by atoms with Crippen LogP contribution in [-0.4, -0.2) is 40.8 Å². The van der Waals surface area contributed by atoms with Crippen molar-refractivity contribution in [3.63, 3.8) is 0 Å². The summed E-state index contributed by atoms with van der Waals surface area (Å²) >= 11 is 0. The van der Waals surface area contributed by atoms with Gasteiger partial charge in [0.2, 0.25) is 5.91 Å². The van der Waals surface area contributed by atoms with E-state index in [1.807, 2.05) is 55.1 Å². The molecule has 206 valence electrons. The average Bonchev–Trinajstić information content (AvgIpc) is 2.99. The van der Waals surface area contributed by atoms with E-state index >= 15 is 0 Å². The number of amides is 2. The molecule has 1 atom stereocenters. The summed E-state index contributed by atoms with van der Waals surface area (Å²) in [5.41, 5.74) is 1.62. The fourth-order valence-electron chi connectivity index (χ4n) is 5.05. The number of carbonyl (C=O) groups excluding carboxylic acids is 3. The van der Waals surface area contributed by atoms with Crippen LogP contribution in [0.2, 0.25) is 0 Å². The molecule has 8 nitrogen and oxygen atoms in total. The zero-order valence-electron chi connectivity index (χ0n) is 22.9. The van der Waals surface area contributed by atoms with Crippen LogP contribution in [0, 0.1) is 22.7 Å². The molecule has 0 radical (unpaired) electrons. The van der Waals surface area contributed by atoms with Gasteiger partial charge in [0.1, 0.15) is 6.61 Å². The fourth-order valence-corrected chi connectivity index (χ4v) is 5.05. The second-order valence-corrected chi connectivity index (χ2v) is 10.7. The lowest BCUT2D eigenvalue weighted by Crippen LogP contribution is -2.51. The smallest absolute Gasteiger partial charge is 0.306 e. The maximum Gasteiger partial charge on any atom is 0.306 e. The van der Waals surface area contributed by atoms with Gasteiger partial charge in [0.15, 0.2) is 0 Å². The number of nitrogens with zero attached hydrogens (tertiary/aromatic N) is 3. The molecule has 40 heavy (non-hydrogen) atoms. The van der Waals surface area contributed by atoms with Crippen molar-refractivity contribution in [1.82, 2.24) is 15.2 Å². The Labute approximate surface area is 235 Å². The van der Waals surface area contributed by atoms with Gasteiger partial charge >= 0.3 is 5.97 Å². The van der Waals surface area contributed by atoms with E-state index in [1.165, 1.54) is 0 Å². The summed E-state index contributed by atoms with van der Waals surface area (Å²) < 4.78 is 5.45. The van der Waals surface area contributed by atoms with Crippen molar-refractivity contribution in [3.8, 4) is 6.07 Å². The summed E-state index contributed by atoms with van der Waals surface area (Å²) in [6, 6.07) is 21.0. The average molecular weight is 539 g/mol. The van der Waals surface area contributed by atoms with Gasteiger partial charge in [0.05, 0.1) is 23.1 Å². The minimum Gasteiger partial charge on any atom is -0.461 e. The van der Waals surface area contributed by atoms with Gasteiger partial charge < -0.3 is 15.0 Å². The highest BCUT2D eigenvalue weighted by molar-refractivity contribution is 5.95. The number of hydrogen-bond acceptors (Lipinski definition) is 6. The Morgan fingerprint density at radius 2 is 1.68 bits per heavy atom. The normalized spacial score (nSPS) is 14.6. The zero-order chi connectivity index (χ0) is 28.5. The second-order valence-electron chi connectivity index (χ2n) is 10.7. The topological polar surface area (TPSA) is 112 Å². The zero-order valence-corrected chi connectivity index (χ0v) is 22.9. The minimum atomic E-state index is -0.967. The molecular formula is C32H34N4O4. The summed E-state index contributed by atoms with van der Waals surface area (Å²) in [4.78, 5) is 45.4. The second kappa shape index (κ2) is 13.0. The number of esters is 1. The van der Waals surface area contributed by atoms with E-state index in [2.05, 4.69) is 10.3 Å². The molecule has 2 heterocycles. The predicted octanol–water partition coefficient (Wildman–Crippen LogP) is 4.82. The quantitative estimate of drug-likeness (QED) is 0.391. The monoisotopic (exact) mass is 538 g/mol. The first-order valence-corrected chi connectivity index (χ1v) is 13.5. The van der Waals surface area contributed by atoms with Crippen LogP contribution in [0.15, 0.2) is 79.1 Å². The van der Waals surface area contributed by atoms with Crippen LogP contribution >= 0.6 is 0 Å².